The van der Waals surface area contributed by atoms with E-state index >= 15 is 0 Å². The lowest BCUT2D eigenvalue weighted by Gasteiger charge is -2.23. The maximum atomic E-state index is 13.1. The molecular weight excluding hydrogens is 309 g/mol. The molecule has 1 saturated carbocycles. The Labute approximate surface area is 112 Å². The third-order valence-corrected chi connectivity index (χ3v) is 4.20. The summed E-state index contributed by atoms with van der Waals surface area (Å²) in [4.78, 5) is 0. The molecule has 0 saturated heterocycles. The number of benzene rings is 1. The highest BCUT2D eigenvalue weighted by molar-refractivity contribution is 9.10. The zero-order valence-electron chi connectivity index (χ0n) is 10.1. The topological polar surface area (TPSA) is 20.2 Å². The average molecular weight is 323 g/mol. The molecule has 0 atom stereocenters. The molecule has 0 bridgehead atoms. The fourth-order valence-corrected chi connectivity index (χ4v) is 2.95. The number of phenols is 1. The van der Waals surface area contributed by atoms with Crippen LogP contribution in [0.2, 0.25) is 0 Å². The van der Waals surface area contributed by atoms with Crippen LogP contribution in [0.15, 0.2) is 16.6 Å². The van der Waals surface area contributed by atoms with Crippen LogP contribution >= 0.6 is 15.9 Å². The number of phenolic OH excluding ortho intramolecular Hbond substituents is 1. The van der Waals surface area contributed by atoms with Gasteiger partial charge in [-0.25, -0.2) is 0 Å². The van der Waals surface area contributed by atoms with Gasteiger partial charge in [0.25, 0.3) is 0 Å². The molecule has 18 heavy (non-hydrogen) atoms. The van der Waals surface area contributed by atoms with E-state index in [-0.39, 0.29) is 30.1 Å². The Morgan fingerprint density at radius 2 is 1.83 bits per heavy atom. The largest absolute Gasteiger partial charge is 0.508 e. The summed E-state index contributed by atoms with van der Waals surface area (Å²) < 4.78 is 39.7. The monoisotopic (exact) mass is 322 g/mol. The van der Waals surface area contributed by atoms with E-state index in [9.17, 15) is 18.3 Å². The van der Waals surface area contributed by atoms with Crippen molar-refractivity contribution in [3.63, 3.8) is 0 Å². The van der Waals surface area contributed by atoms with Crippen LogP contribution in [0, 0.1) is 0 Å². The van der Waals surface area contributed by atoms with Crippen LogP contribution in [-0.4, -0.2) is 11.3 Å². The predicted molar refractivity (Wildman–Crippen MR) is 66.9 cm³/mol. The van der Waals surface area contributed by atoms with Crippen molar-refractivity contribution < 1.29 is 18.3 Å². The second kappa shape index (κ2) is 4.15. The first kappa shape index (κ1) is 13.7. The minimum atomic E-state index is -4.24. The van der Waals surface area contributed by atoms with Gasteiger partial charge in [0, 0.05) is 4.47 Å². The van der Waals surface area contributed by atoms with Crippen molar-refractivity contribution in [3.05, 3.63) is 27.7 Å². The van der Waals surface area contributed by atoms with Crippen LogP contribution < -0.4 is 0 Å². The summed E-state index contributed by atoms with van der Waals surface area (Å²) in [6, 6.07) is 2.86. The van der Waals surface area contributed by atoms with E-state index in [2.05, 4.69) is 15.9 Å². The molecule has 1 nitrogen and oxygen atoms in total. The maximum Gasteiger partial charge on any atom is 0.398 e. The van der Waals surface area contributed by atoms with Gasteiger partial charge < -0.3 is 5.11 Å². The molecule has 0 radical (unpaired) electrons. The lowest BCUT2D eigenvalue weighted by molar-refractivity contribution is -0.160. The molecule has 5 heteroatoms. The fourth-order valence-electron chi connectivity index (χ4n) is 2.24. The highest BCUT2D eigenvalue weighted by atomic mass is 79.9. The van der Waals surface area contributed by atoms with Crippen LogP contribution in [0.4, 0.5) is 13.2 Å². The molecule has 1 N–H and O–H groups in total. The first-order chi connectivity index (χ1) is 8.19. The number of hydrogen-bond acceptors (Lipinski definition) is 1. The Hall–Kier alpha value is -0.710. The van der Waals surface area contributed by atoms with Crippen molar-refractivity contribution in [3.8, 4) is 5.75 Å². The van der Waals surface area contributed by atoms with Gasteiger partial charge in [-0.15, -0.1) is 0 Å². The summed E-state index contributed by atoms with van der Waals surface area (Å²) in [5, 5.41) is 9.76. The van der Waals surface area contributed by atoms with Gasteiger partial charge in [0.1, 0.15) is 5.75 Å². The van der Waals surface area contributed by atoms with Crippen LogP contribution in [0.25, 0.3) is 0 Å². The van der Waals surface area contributed by atoms with Crippen LogP contribution in [0.5, 0.6) is 5.75 Å². The van der Waals surface area contributed by atoms with Gasteiger partial charge in [-0.05, 0) is 42.0 Å². The number of alkyl halides is 3. The van der Waals surface area contributed by atoms with Crippen molar-refractivity contribution in [1.29, 1.82) is 0 Å². The third-order valence-electron chi connectivity index (χ3n) is 3.55. The minimum Gasteiger partial charge on any atom is -0.508 e. The summed E-state index contributed by atoms with van der Waals surface area (Å²) in [5.74, 6) is 0.0273. The highest BCUT2D eigenvalue weighted by Crippen LogP contribution is 2.60. The number of hydrogen-bond donors (Lipinski definition) is 1. The standard InChI is InChI=1S/C13H14BrF3O/c1-7(2)8-5-9(10(14)6-11(8)18)12(3-4-12)13(15,16)17/h5-7,18H,3-4H2,1-2H3. The molecular formula is C13H14BrF3O. The van der Waals surface area contributed by atoms with E-state index in [1.54, 1.807) is 0 Å². The molecule has 1 aromatic carbocycles. The lowest BCUT2D eigenvalue weighted by Crippen LogP contribution is -2.29. The number of halogens is 4. The predicted octanol–water partition coefficient (Wildman–Crippen LogP) is 4.87. The van der Waals surface area contributed by atoms with Crippen molar-refractivity contribution in [2.75, 3.05) is 0 Å². The lowest BCUT2D eigenvalue weighted by atomic mass is 9.90. The molecule has 1 aromatic rings. The number of aromatic hydroxyl groups is 1. The quantitative estimate of drug-likeness (QED) is 0.823. The SMILES string of the molecule is CC(C)c1cc(C2(C(F)(F)F)CC2)c(Br)cc1O. The van der Waals surface area contributed by atoms with Crippen LogP contribution in [0.3, 0.4) is 0 Å². The smallest absolute Gasteiger partial charge is 0.398 e. The summed E-state index contributed by atoms with van der Waals surface area (Å²) in [7, 11) is 0. The molecule has 2 rings (SSSR count). The molecule has 0 heterocycles. The number of rotatable bonds is 2. The molecule has 0 spiro atoms. The van der Waals surface area contributed by atoms with Gasteiger partial charge in [-0.3, -0.25) is 0 Å². The van der Waals surface area contributed by atoms with Crippen LogP contribution in [-0.2, 0) is 5.41 Å². The van der Waals surface area contributed by atoms with Gasteiger partial charge >= 0.3 is 6.18 Å². The summed E-state index contributed by atoms with van der Waals surface area (Å²) in [6.45, 7) is 3.69. The summed E-state index contributed by atoms with van der Waals surface area (Å²) >= 11 is 3.14. The Morgan fingerprint density at radius 1 is 1.28 bits per heavy atom. The maximum absolute atomic E-state index is 13.1. The first-order valence-electron chi connectivity index (χ1n) is 5.78. The Balaban J connectivity index is 2.56. The molecule has 0 unspecified atom stereocenters. The zero-order chi connectivity index (χ0) is 13.7. The summed E-state index contributed by atoms with van der Waals surface area (Å²) in [6.07, 6.45) is -3.99. The highest BCUT2D eigenvalue weighted by Gasteiger charge is 2.64. The Kier molecular flexibility index (Phi) is 3.16. The van der Waals surface area contributed by atoms with Gasteiger partial charge in [-0.1, -0.05) is 29.8 Å². The Bertz CT molecular complexity index is 476. The molecule has 0 aliphatic heterocycles. The van der Waals surface area contributed by atoms with Gasteiger partial charge in [0.05, 0.1) is 5.41 Å². The zero-order valence-corrected chi connectivity index (χ0v) is 11.7. The van der Waals surface area contributed by atoms with Crippen molar-refractivity contribution in [2.24, 2.45) is 0 Å². The van der Waals surface area contributed by atoms with Gasteiger partial charge in [-0.2, -0.15) is 13.2 Å². The Morgan fingerprint density at radius 3 is 2.22 bits per heavy atom. The average Bonchev–Trinajstić information content (AvgIpc) is 2.96. The first-order valence-corrected chi connectivity index (χ1v) is 6.58. The fraction of sp³-hybridized carbons (Fsp3) is 0.538. The van der Waals surface area contributed by atoms with Gasteiger partial charge in [0.2, 0.25) is 0 Å². The molecule has 1 aliphatic carbocycles. The van der Waals surface area contributed by atoms with E-state index in [0.717, 1.165) is 0 Å². The molecule has 100 valence electrons. The van der Waals surface area contributed by atoms with E-state index in [4.69, 9.17) is 0 Å². The normalized spacial score (nSPS) is 18.2. The third kappa shape index (κ3) is 2.02. The van der Waals surface area contributed by atoms with E-state index < -0.39 is 11.6 Å². The van der Waals surface area contributed by atoms with E-state index in [0.29, 0.717) is 10.0 Å². The van der Waals surface area contributed by atoms with Crippen molar-refractivity contribution >= 4 is 15.9 Å². The summed E-state index contributed by atoms with van der Waals surface area (Å²) in [5.41, 5.74) is -0.913. The van der Waals surface area contributed by atoms with Crippen molar-refractivity contribution in [1.82, 2.24) is 0 Å². The molecule has 1 fully saturated rings. The van der Waals surface area contributed by atoms with E-state index in [1.807, 2.05) is 13.8 Å². The van der Waals surface area contributed by atoms with Gasteiger partial charge in [0.15, 0.2) is 0 Å². The molecule has 0 aromatic heterocycles. The van der Waals surface area contributed by atoms with Crippen LogP contribution in [0.1, 0.15) is 43.7 Å². The minimum absolute atomic E-state index is 0.0131. The van der Waals surface area contributed by atoms with Crippen molar-refractivity contribution in [2.45, 2.75) is 44.2 Å². The molecule has 0 amide bonds. The van der Waals surface area contributed by atoms with E-state index in [1.165, 1.54) is 12.1 Å². The molecule has 1 aliphatic rings. The second-order valence-electron chi connectivity index (χ2n) is 5.13. The second-order valence-corrected chi connectivity index (χ2v) is 5.98.